The first-order chi connectivity index (χ1) is 5.72. The van der Waals surface area contributed by atoms with E-state index in [2.05, 4.69) is 9.72 Å². The number of H-pyrrole nitrogens is 1. The Morgan fingerprint density at radius 2 is 2.42 bits per heavy atom. The van der Waals surface area contributed by atoms with Crippen LogP contribution in [0, 0.1) is 0 Å². The van der Waals surface area contributed by atoms with Crippen LogP contribution in [0.1, 0.15) is 5.56 Å². The highest BCUT2D eigenvalue weighted by molar-refractivity contribution is 5.72. The predicted molar refractivity (Wildman–Crippen MR) is 42.8 cm³/mol. The van der Waals surface area contributed by atoms with Crippen molar-refractivity contribution in [2.45, 2.75) is 6.42 Å². The van der Waals surface area contributed by atoms with Gasteiger partial charge in [0, 0.05) is 12.3 Å². The molecule has 0 atom stereocenters. The van der Waals surface area contributed by atoms with Crippen molar-refractivity contribution in [2.75, 3.05) is 7.11 Å². The number of hydrogen-bond donors (Lipinski definition) is 1. The number of methoxy groups -OCH3 is 1. The van der Waals surface area contributed by atoms with Gasteiger partial charge in [-0.3, -0.25) is 9.59 Å². The zero-order valence-electron chi connectivity index (χ0n) is 6.66. The quantitative estimate of drug-likeness (QED) is 0.635. The van der Waals surface area contributed by atoms with Crippen LogP contribution in [0.4, 0.5) is 0 Å². The summed E-state index contributed by atoms with van der Waals surface area (Å²) in [5, 5.41) is 0. The summed E-state index contributed by atoms with van der Waals surface area (Å²) in [6.45, 7) is 0. The second-order valence-corrected chi connectivity index (χ2v) is 2.31. The number of hydrogen-bond acceptors (Lipinski definition) is 3. The lowest BCUT2D eigenvalue weighted by Crippen LogP contribution is -2.09. The molecule has 1 heterocycles. The van der Waals surface area contributed by atoms with Crippen LogP contribution in [-0.4, -0.2) is 18.1 Å². The third kappa shape index (κ3) is 2.23. The van der Waals surface area contributed by atoms with E-state index in [1.54, 1.807) is 6.07 Å². The van der Waals surface area contributed by atoms with E-state index < -0.39 is 0 Å². The van der Waals surface area contributed by atoms with Crippen molar-refractivity contribution in [3.63, 3.8) is 0 Å². The first kappa shape index (κ1) is 8.52. The first-order valence-corrected chi connectivity index (χ1v) is 3.47. The van der Waals surface area contributed by atoms with Crippen LogP contribution in [0.2, 0.25) is 0 Å². The summed E-state index contributed by atoms with van der Waals surface area (Å²) in [6.07, 6.45) is 1.64. The summed E-state index contributed by atoms with van der Waals surface area (Å²) in [5.41, 5.74) is 0.446. The van der Waals surface area contributed by atoms with E-state index in [0.29, 0.717) is 5.56 Å². The molecular formula is C8H9NO3. The van der Waals surface area contributed by atoms with Crippen molar-refractivity contribution < 1.29 is 9.53 Å². The van der Waals surface area contributed by atoms with E-state index in [1.165, 1.54) is 19.4 Å². The molecule has 0 aromatic carbocycles. The minimum absolute atomic E-state index is 0.139. The maximum Gasteiger partial charge on any atom is 0.309 e. The Morgan fingerprint density at radius 3 is 3.00 bits per heavy atom. The smallest absolute Gasteiger partial charge is 0.309 e. The van der Waals surface area contributed by atoms with Gasteiger partial charge >= 0.3 is 5.97 Å². The number of aromatic amines is 1. The number of aromatic nitrogens is 1. The molecule has 0 unspecified atom stereocenters. The summed E-state index contributed by atoms with van der Waals surface area (Å²) in [6, 6.07) is 3.04. The molecule has 0 bridgehead atoms. The third-order valence-corrected chi connectivity index (χ3v) is 1.42. The van der Waals surface area contributed by atoms with Gasteiger partial charge in [-0.1, -0.05) is 0 Å². The molecule has 0 aliphatic rings. The standard InChI is InChI=1S/C8H9NO3/c1-12-8(11)5-6-2-3-9-7(10)4-6/h2-4H,5H2,1H3,(H,9,10). The fourth-order valence-electron chi connectivity index (χ4n) is 0.838. The van der Waals surface area contributed by atoms with Crippen LogP contribution in [0.25, 0.3) is 0 Å². The van der Waals surface area contributed by atoms with Crippen molar-refractivity contribution in [3.8, 4) is 0 Å². The van der Waals surface area contributed by atoms with Crippen molar-refractivity contribution in [2.24, 2.45) is 0 Å². The monoisotopic (exact) mass is 167 g/mol. The summed E-state index contributed by atoms with van der Waals surface area (Å²) >= 11 is 0. The van der Waals surface area contributed by atoms with Crippen LogP contribution in [-0.2, 0) is 16.0 Å². The molecule has 1 aromatic heterocycles. The number of pyridine rings is 1. The van der Waals surface area contributed by atoms with Gasteiger partial charge in [-0.05, 0) is 11.6 Å². The molecule has 0 saturated heterocycles. The highest BCUT2D eigenvalue weighted by Gasteiger charge is 2.01. The molecule has 0 aliphatic heterocycles. The number of nitrogens with one attached hydrogen (secondary N) is 1. The fourth-order valence-corrected chi connectivity index (χ4v) is 0.838. The Labute approximate surface area is 69.2 Å². The number of rotatable bonds is 2. The molecule has 0 fully saturated rings. The molecule has 0 spiro atoms. The minimum Gasteiger partial charge on any atom is -0.469 e. The van der Waals surface area contributed by atoms with Gasteiger partial charge in [-0.25, -0.2) is 0 Å². The normalized spacial score (nSPS) is 9.42. The highest BCUT2D eigenvalue weighted by atomic mass is 16.5. The van der Waals surface area contributed by atoms with E-state index in [9.17, 15) is 9.59 Å². The van der Waals surface area contributed by atoms with E-state index in [1.807, 2.05) is 0 Å². The summed E-state index contributed by atoms with van der Waals surface area (Å²) in [5.74, 6) is -0.347. The Balaban J connectivity index is 2.76. The van der Waals surface area contributed by atoms with E-state index in [4.69, 9.17) is 0 Å². The van der Waals surface area contributed by atoms with Crippen LogP contribution < -0.4 is 5.56 Å². The van der Waals surface area contributed by atoms with Crippen LogP contribution in [0.15, 0.2) is 23.1 Å². The summed E-state index contributed by atoms with van der Waals surface area (Å²) in [7, 11) is 1.31. The van der Waals surface area contributed by atoms with Crippen molar-refractivity contribution in [1.82, 2.24) is 4.98 Å². The number of carbonyl (C=O) groups excluding carboxylic acids is 1. The van der Waals surface area contributed by atoms with Crippen LogP contribution in [0.3, 0.4) is 0 Å². The maximum atomic E-state index is 10.8. The highest BCUT2D eigenvalue weighted by Crippen LogP contribution is 1.95. The largest absolute Gasteiger partial charge is 0.469 e. The Bertz CT molecular complexity index is 329. The number of carbonyl (C=O) groups is 1. The summed E-state index contributed by atoms with van der Waals surface area (Å²) < 4.78 is 4.44. The minimum atomic E-state index is -0.347. The van der Waals surface area contributed by atoms with Crippen molar-refractivity contribution >= 4 is 5.97 Å². The predicted octanol–water partition coefficient (Wildman–Crippen LogP) is 0.0904. The average molecular weight is 167 g/mol. The lowest BCUT2D eigenvalue weighted by molar-refractivity contribution is -0.139. The topological polar surface area (TPSA) is 59.2 Å². The Kier molecular flexibility index (Phi) is 2.63. The van der Waals surface area contributed by atoms with Gasteiger partial charge in [0.05, 0.1) is 13.5 Å². The van der Waals surface area contributed by atoms with Crippen molar-refractivity contribution in [1.29, 1.82) is 0 Å². The molecule has 4 heteroatoms. The van der Waals surface area contributed by atoms with Gasteiger partial charge in [0.2, 0.25) is 5.56 Å². The molecule has 12 heavy (non-hydrogen) atoms. The molecule has 64 valence electrons. The molecule has 0 aliphatic carbocycles. The van der Waals surface area contributed by atoms with Gasteiger partial charge in [-0.2, -0.15) is 0 Å². The van der Waals surface area contributed by atoms with E-state index >= 15 is 0 Å². The lowest BCUT2D eigenvalue weighted by atomic mass is 10.2. The maximum absolute atomic E-state index is 10.8. The van der Waals surface area contributed by atoms with Gasteiger partial charge < -0.3 is 9.72 Å². The molecule has 1 N–H and O–H groups in total. The second kappa shape index (κ2) is 3.71. The first-order valence-electron chi connectivity index (χ1n) is 3.47. The molecular weight excluding hydrogens is 158 g/mol. The molecule has 0 radical (unpaired) electrons. The lowest BCUT2D eigenvalue weighted by Gasteiger charge is -1.97. The second-order valence-electron chi connectivity index (χ2n) is 2.31. The molecule has 0 saturated carbocycles. The van der Waals surface area contributed by atoms with E-state index in [-0.39, 0.29) is 17.9 Å². The van der Waals surface area contributed by atoms with Crippen LogP contribution in [0.5, 0.6) is 0 Å². The SMILES string of the molecule is COC(=O)Cc1cc[nH]c(=O)c1. The molecule has 1 rings (SSSR count). The van der Waals surface area contributed by atoms with Gasteiger partial charge in [0.25, 0.3) is 0 Å². The van der Waals surface area contributed by atoms with E-state index in [0.717, 1.165) is 0 Å². The average Bonchev–Trinajstić information content (AvgIpc) is 2.04. The zero-order chi connectivity index (χ0) is 8.97. The molecule has 4 nitrogen and oxygen atoms in total. The summed E-state index contributed by atoms with van der Waals surface area (Å²) in [4.78, 5) is 24.0. The zero-order valence-corrected chi connectivity index (χ0v) is 6.66. The molecule has 0 amide bonds. The Morgan fingerprint density at radius 1 is 1.67 bits per heavy atom. The third-order valence-electron chi connectivity index (χ3n) is 1.42. The number of esters is 1. The van der Waals surface area contributed by atoms with Gasteiger partial charge in [0.15, 0.2) is 0 Å². The Hall–Kier alpha value is -1.58. The van der Waals surface area contributed by atoms with Crippen molar-refractivity contribution in [3.05, 3.63) is 34.2 Å². The van der Waals surface area contributed by atoms with Gasteiger partial charge in [-0.15, -0.1) is 0 Å². The molecule has 1 aromatic rings. The fraction of sp³-hybridized carbons (Fsp3) is 0.250. The van der Waals surface area contributed by atoms with Gasteiger partial charge in [0.1, 0.15) is 0 Å². The number of ether oxygens (including phenoxy) is 1. The van der Waals surface area contributed by atoms with Crippen LogP contribution >= 0.6 is 0 Å².